The summed E-state index contributed by atoms with van der Waals surface area (Å²) in [5.74, 6) is 0. The predicted octanol–water partition coefficient (Wildman–Crippen LogP) is 16.1. The third-order valence-electron chi connectivity index (χ3n) is 12.4. The minimum Gasteiger partial charge on any atom is -0.310 e. The molecule has 280 valence electrons. The minimum absolute atomic E-state index is 0.250. The van der Waals surface area contributed by atoms with Crippen molar-refractivity contribution < 1.29 is 0 Å². The Labute approximate surface area is 345 Å². The van der Waals surface area contributed by atoms with Gasteiger partial charge in [0, 0.05) is 38.9 Å². The molecule has 10 aromatic rings. The maximum atomic E-state index is 2.44. The molecular weight excluding hydrogens is 713 g/mol. The maximum absolute atomic E-state index is 2.44. The molecule has 2 heteroatoms. The summed E-state index contributed by atoms with van der Waals surface area (Å²) in [4.78, 5) is 4.86. The van der Waals surface area contributed by atoms with E-state index in [1.165, 1.54) is 71.4 Å². The second-order valence-electron chi connectivity index (χ2n) is 16.2. The summed E-state index contributed by atoms with van der Waals surface area (Å²) in [6.45, 7) is 4.77. The number of fused-ring (bicyclic) bond motifs is 6. The van der Waals surface area contributed by atoms with Crippen molar-refractivity contribution in [3.8, 4) is 22.3 Å². The fraction of sp³-hybridized carbons (Fsp3) is 0.0526. The van der Waals surface area contributed by atoms with Crippen LogP contribution in [0.25, 0.3) is 54.6 Å². The molecule has 0 heterocycles. The van der Waals surface area contributed by atoms with E-state index in [1.54, 1.807) is 0 Å². The molecule has 0 atom stereocenters. The Bertz CT molecular complexity index is 3180. The van der Waals surface area contributed by atoms with E-state index in [0.29, 0.717) is 0 Å². The highest BCUT2D eigenvalue weighted by molar-refractivity contribution is 6.02. The Kier molecular flexibility index (Phi) is 8.20. The van der Waals surface area contributed by atoms with E-state index in [4.69, 9.17) is 0 Å². The van der Waals surface area contributed by atoms with Gasteiger partial charge < -0.3 is 9.80 Å². The van der Waals surface area contributed by atoms with Crippen molar-refractivity contribution in [2.24, 2.45) is 0 Å². The van der Waals surface area contributed by atoms with Crippen molar-refractivity contribution in [3.05, 3.63) is 230 Å². The van der Waals surface area contributed by atoms with Crippen LogP contribution < -0.4 is 9.80 Å². The third kappa shape index (κ3) is 5.79. The molecule has 0 unspecified atom stereocenters. The van der Waals surface area contributed by atoms with Gasteiger partial charge in [0.1, 0.15) is 0 Å². The van der Waals surface area contributed by atoms with Gasteiger partial charge in [0.2, 0.25) is 0 Å². The smallest absolute Gasteiger partial charge is 0.0540 e. The van der Waals surface area contributed by atoms with E-state index in [2.05, 4.69) is 242 Å². The van der Waals surface area contributed by atoms with Crippen LogP contribution in [0.3, 0.4) is 0 Å². The van der Waals surface area contributed by atoms with Gasteiger partial charge in [0.15, 0.2) is 0 Å². The highest BCUT2D eigenvalue weighted by Gasteiger charge is 2.37. The van der Waals surface area contributed by atoms with Gasteiger partial charge in [0.05, 0.1) is 11.4 Å². The van der Waals surface area contributed by atoms with Gasteiger partial charge in [-0.15, -0.1) is 0 Å². The summed E-state index contributed by atoms with van der Waals surface area (Å²) in [5, 5.41) is 7.41. The van der Waals surface area contributed by atoms with Crippen molar-refractivity contribution in [3.63, 3.8) is 0 Å². The van der Waals surface area contributed by atoms with Crippen molar-refractivity contribution in [1.82, 2.24) is 0 Å². The van der Waals surface area contributed by atoms with Gasteiger partial charge in [-0.3, -0.25) is 0 Å². The lowest BCUT2D eigenvalue weighted by Gasteiger charge is -2.30. The van der Waals surface area contributed by atoms with Crippen LogP contribution in [0.15, 0.2) is 218 Å². The van der Waals surface area contributed by atoms with E-state index in [-0.39, 0.29) is 5.41 Å². The van der Waals surface area contributed by atoms with Crippen molar-refractivity contribution in [2.75, 3.05) is 9.80 Å². The molecule has 2 nitrogen and oxygen atoms in total. The molecular formula is C57H42N2. The second kappa shape index (κ2) is 13.9. The Morgan fingerprint density at radius 3 is 1.25 bits per heavy atom. The number of hydrogen-bond acceptors (Lipinski definition) is 2. The lowest BCUT2D eigenvalue weighted by Crippen LogP contribution is -2.18. The van der Waals surface area contributed by atoms with E-state index in [0.717, 1.165) is 28.4 Å². The summed E-state index contributed by atoms with van der Waals surface area (Å²) in [7, 11) is 0. The molecule has 0 aromatic heterocycles. The summed E-state index contributed by atoms with van der Waals surface area (Å²) in [6.07, 6.45) is 0. The van der Waals surface area contributed by atoms with Gasteiger partial charge in [-0.25, -0.2) is 0 Å². The number of anilines is 6. The lowest BCUT2D eigenvalue weighted by molar-refractivity contribution is 0.660. The molecule has 0 N–H and O–H groups in total. The van der Waals surface area contributed by atoms with Crippen molar-refractivity contribution >= 4 is 66.4 Å². The van der Waals surface area contributed by atoms with Gasteiger partial charge in [-0.05, 0) is 116 Å². The van der Waals surface area contributed by atoms with Crippen LogP contribution in [0.4, 0.5) is 34.1 Å². The molecule has 0 saturated heterocycles. The highest BCUT2D eigenvalue weighted by atomic mass is 15.1. The van der Waals surface area contributed by atoms with Gasteiger partial charge >= 0.3 is 0 Å². The second-order valence-corrected chi connectivity index (χ2v) is 16.2. The standard InChI is InChI=1S/C57H42N2/c1-57(2)53-37-45(58(43-21-4-3-5-22-43)55-27-13-19-40-16-7-10-24-49(40)55)33-35-51(53)52-36-34-46(38-54(52)57)59(56-28-14-20-41-17-8-11-25-50(41)56)44-31-29-42(30-32-44)48-26-12-18-39-15-6-9-23-47(39)48/h3-38H,1-2H3. The van der Waals surface area contributed by atoms with Crippen molar-refractivity contribution in [1.29, 1.82) is 0 Å². The van der Waals surface area contributed by atoms with Crippen LogP contribution in [0.5, 0.6) is 0 Å². The van der Waals surface area contributed by atoms with Crippen LogP contribution in [0, 0.1) is 0 Å². The zero-order chi connectivity index (χ0) is 39.5. The van der Waals surface area contributed by atoms with E-state index >= 15 is 0 Å². The van der Waals surface area contributed by atoms with Crippen LogP contribution in [0.2, 0.25) is 0 Å². The Morgan fingerprint density at radius 2 is 0.712 bits per heavy atom. The monoisotopic (exact) mass is 754 g/mol. The van der Waals surface area contributed by atoms with Crippen LogP contribution in [0.1, 0.15) is 25.0 Å². The van der Waals surface area contributed by atoms with E-state index in [9.17, 15) is 0 Å². The summed E-state index contributed by atoms with van der Waals surface area (Å²) < 4.78 is 0. The van der Waals surface area contributed by atoms with Crippen LogP contribution >= 0.6 is 0 Å². The maximum Gasteiger partial charge on any atom is 0.0540 e. The summed E-state index contributed by atoms with van der Waals surface area (Å²) in [5.41, 5.74) is 14.3. The van der Waals surface area contributed by atoms with Crippen LogP contribution in [-0.2, 0) is 5.41 Å². The molecule has 0 saturated carbocycles. The third-order valence-corrected chi connectivity index (χ3v) is 12.4. The molecule has 10 aromatic carbocycles. The minimum atomic E-state index is -0.250. The first-order valence-corrected chi connectivity index (χ1v) is 20.5. The molecule has 1 aliphatic rings. The van der Waals surface area contributed by atoms with E-state index < -0.39 is 0 Å². The molecule has 0 radical (unpaired) electrons. The van der Waals surface area contributed by atoms with Crippen LogP contribution in [-0.4, -0.2) is 0 Å². The molecule has 0 aliphatic heterocycles. The summed E-state index contributed by atoms with van der Waals surface area (Å²) in [6, 6.07) is 79.9. The molecule has 1 aliphatic carbocycles. The first-order chi connectivity index (χ1) is 29.0. The number of hydrogen-bond donors (Lipinski definition) is 0. The normalized spacial score (nSPS) is 12.7. The van der Waals surface area contributed by atoms with Gasteiger partial charge in [-0.2, -0.15) is 0 Å². The summed E-state index contributed by atoms with van der Waals surface area (Å²) >= 11 is 0. The number of rotatable bonds is 7. The molecule has 0 spiro atoms. The van der Waals surface area contributed by atoms with Crippen molar-refractivity contribution in [2.45, 2.75) is 19.3 Å². The zero-order valence-electron chi connectivity index (χ0n) is 33.2. The van der Waals surface area contributed by atoms with Gasteiger partial charge in [0.25, 0.3) is 0 Å². The van der Waals surface area contributed by atoms with Gasteiger partial charge in [-0.1, -0.05) is 172 Å². The predicted molar refractivity (Wildman–Crippen MR) is 251 cm³/mol. The first kappa shape index (κ1) is 34.8. The quantitative estimate of drug-likeness (QED) is 0.160. The topological polar surface area (TPSA) is 6.48 Å². The fourth-order valence-corrected chi connectivity index (χ4v) is 9.50. The molecule has 59 heavy (non-hydrogen) atoms. The molecule has 0 amide bonds. The Morgan fingerprint density at radius 1 is 0.305 bits per heavy atom. The Hall–Kier alpha value is -7.42. The molecule has 11 rings (SSSR count). The number of para-hydroxylation sites is 1. The Balaban J connectivity index is 1.04. The fourth-order valence-electron chi connectivity index (χ4n) is 9.50. The number of nitrogens with zero attached hydrogens (tertiary/aromatic N) is 2. The highest BCUT2D eigenvalue weighted by Crippen LogP contribution is 2.53. The van der Waals surface area contributed by atoms with E-state index in [1.807, 2.05) is 0 Å². The molecule has 0 bridgehead atoms. The average Bonchev–Trinajstić information content (AvgIpc) is 3.52. The first-order valence-electron chi connectivity index (χ1n) is 20.5. The lowest BCUT2D eigenvalue weighted by atomic mass is 9.82. The largest absolute Gasteiger partial charge is 0.310 e. The number of benzene rings is 10. The zero-order valence-corrected chi connectivity index (χ0v) is 33.2. The SMILES string of the molecule is CC1(C)c2cc(N(c3ccccc3)c3cccc4ccccc34)ccc2-c2ccc(N(c3ccc(-c4cccc5ccccc45)cc3)c3cccc4ccccc34)cc21. The average molecular weight is 755 g/mol. The molecule has 0 fully saturated rings.